The zero-order valence-corrected chi connectivity index (χ0v) is 19.5. The Labute approximate surface area is 199 Å². The molecule has 0 bridgehead atoms. The van der Waals surface area contributed by atoms with Gasteiger partial charge in [0.15, 0.2) is 0 Å². The molecule has 2 aromatic heterocycles. The second-order valence-electron chi connectivity index (χ2n) is 7.77. The van der Waals surface area contributed by atoms with Gasteiger partial charge in [-0.1, -0.05) is 48.2 Å². The molecule has 0 aliphatic carbocycles. The van der Waals surface area contributed by atoms with Gasteiger partial charge in [0.25, 0.3) is 5.91 Å². The van der Waals surface area contributed by atoms with Crippen LogP contribution in [0.3, 0.4) is 0 Å². The topological polar surface area (TPSA) is 49.6 Å². The molecule has 1 N–H and O–H groups in total. The average molecular weight is 477 g/mol. The highest BCUT2D eigenvalue weighted by molar-refractivity contribution is 8.04. The summed E-state index contributed by atoms with van der Waals surface area (Å²) in [5.41, 5.74) is 3.26. The van der Waals surface area contributed by atoms with Crippen molar-refractivity contribution < 1.29 is 4.79 Å². The van der Waals surface area contributed by atoms with Gasteiger partial charge in [-0.25, -0.2) is 4.98 Å². The molecule has 2 aliphatic rings. The summed E-state index contributed by atoms with van der Waals surface area (Å²) in [5.74, 6) is 0.570. The van der Waals surface area contributed by atoms with Crippen molar-refractivity contribution in [2.24, 2.45) is 5.92 Å². The number of benzene rings is 1. The third kappa shape index (κ3) is 5.26. The monoisotopic (exact) mass is 476 g/mol. The lowest BCUT2D eigenvalue weighted by molar-refractivity contribution is -0.117. The van der Waals surface area contributed by atoms with E-state index in [1.165, 1.54) is 17.3 Å². The van der Waals surface area contributed by atoms with Crippen LogP contribution < -0.4 is 5.32 Å². The van der Waals surface area contributed by atoms with Gasteiger partial charge in [0.05, 0.1) is 21.8 Å². The lowest BCUT2D eigenvalue weighted by atomic mass is 9.96. The van der Waals surface area contributed by atoms with E-state index in [2.05, 4.69) is 49.9 Å². The third-order valence-corrected chi connectivity index (χ3v) is 6.80. The highest BCUT2D eigenvalue weighted by Gasteiger charge is 2.23. The molecule has 0 atom stereocenters. The summed E-state index contributed by atoms with van der Waals surface area (Å²) in [6.45, 7) is 3.95. The molecule has 0 unspecified atom stereocenters. The van der Waals surface area contributed by atoms with Gasteiger partial charge >= 0.3 is 0 Å². The van der Waals surface area contributed by atoms with Crippen LogP contribution in [0.2, 0.25) is 0 Å². The van der Waals surface area contributed by atoms with Crippen LogP contribution in [0.15, 0.2) is 64.7 Å². The fourth-order valence-corrected chi connectivity index (χ4v) is 5.12. The molecule has 3 aromatic rings. The predicted octanol–water partition coefficient (Wildman–Crippen LogP) is 4.65. The Morgan fingerprint density at radius 1 is 1.06 bits per heavy atom. The highest BCUT2D eigenvalue weighted by Crippen LogP contribution is 2.34. The Morgan fingerprint density at radius 3 is 2.61 bits per heavy atom. The Morgan fingerprint density at radius 2 is 1.84 bits per heavy atom. The Balaban J connectivity index is 0.00000136. The number of aromatic nitrogens is 2. The number of halogens is 2. The van der Waals surface area contributed by atoms with Gasteiger partial charge in [-0.2, -0.15) is 0 Å². The number of amides is 1. The summed E-state index contributed by atoms with van der Waals surface area (Å²) in [5, 5.41) is 4.20. The maximum Gasteiger partial charge on any atom is 0.258 e. The first-order valence-corrected chi connectivity index (χ1v) is 11.0. The molecule has 1 aromatic carbocycles. The number of thioether (sulfide) groups is 1. The summed E-state index contributed by atoms with van der Waals surface area (Å²) in [6, 6.07) is 16.6. The van der Waals surface area contributed by atoms with Gasteiger partial charge in [0, 0.05) is 13.1 Å². The van der Waals surface area contributed by atoms with Crippen LogP contribution in [0.25, 0.3) is 11.7 Å². The number of carbonyl (C=O) groups excluding carboxylic acids is 1. The molecule has 0 radical (unpaired) electrons. The lowest BCUT2D eigenvalue weighted by Crippen LogP contribution is -2.38. The minimum atomic E-state index is 0. The van der Waals surface area contributed by atoms with Gasteiger partial charge in [-0.15, -0.1) is 24.8 Å². The van der Waals surface area contributed by atoms with Crippen LogP contribution in [0.4, 0.5) is 0 Å². The number of carbonyl (C=O) groups is 1. The van der Waals surface area contributed by atoms with E-state index in [0.717, 1.165) is 60.3 Å². The molecule has 5 nitrogen and oxygen atoms in total. The van der Waals surface area contributed by atoms with E-state index < -0.39 is 0 Å². The van der Waals surface area contributed by atoms with E-state index >= 15 is 0 Å². The minimum absolute atomic E-state index is 0. The third-order valence-electron chi connectivity index (χ3n) is 5.75. The SMILES string of the molecule is Cl.Cl.O=C(NCC1CCN(Cc2ccccc2)CC1)C1=Cc2cnc3cccc(n23)S1. The number of rotatable bonds is 5. The number of pyridine rings is 1. The molecule has 164 valence electrons. The molecule has 2 aliphatic heterocycles. The summed E-state index contributed by atoms with van der Waals surface area (Å²) in [4.78, 5) is 20.4. The number of piperidine rings is 1. The van der Waals surface area contributed by atoms with Crippen LogP contribution in [0.1, 0.15) is 24.1 Å². The van der Waals surface area contributed by atoms with Crippen molar-refractivity contribution in [3.63, 3.8) is 0 Å². The largest absolute Gasteiger partial charge is 0.351 e. The molecule has 0 spiro atoms. The number of hydrogen-bond acceptors (Lipinski definition) is 4. The van der Waals surface area contributed by atoms with Crippen LogP contribution >= 0.6 is 36.6 Å². The van der Waals surface area contributed by atoms with Crippen molar-refractivity contribution in [2.45, 2.75) is 24.4 Å². The first kappa shape index (κ1) is 23.7. The quantitative estimate of drug-likeness (QED) is 0.581. The maximum absolute atomic E-state index is 12.8. The number of nitrogens with zero attached hydrogens (tertiary/aromatic N) is 3. The van der Waals surface area contributed by atoms with E-state index in [-0.39, 0.29) is 30.7 Å². The van der Waals surface area contributed by atoms with Crippen molar-refractivity contribution in [1.82, 2.24) is 19.6 Å². The summed E-state index contributed by atoms with van der Waals surface area (Å²) < 4.78 is 2.09. The first-order chi connectivity index (χ1) is 14.3. The molecule has 1 saturated heterocycles. The summed E-state index contributed by atoms with van der Waals surface area (Å²) >= 11 is 1.51. The van der Waals surface area contributed by atoms with E-state index in [9.17, 15) is 4.79 Å². The van der Waals surface area contributed by atoms with Crippen molar-refractivity contribution in [3.8, 4) is 0 Å². The van der Waals surface area contributed by atoms with E-state index in [1.54, 1.807) is 0 Å². The molecule has 1 amide bonds. The van der Waals surface area contributed by atoms with Gasteiger partial charge in [0.2, 0.25) is 0 Å². The fourth-order valence-electron chi connectivity index (χ4n) is 4.11. The van der Waals surface area contributed by atoms with Gasteiger partial charge in [-0.3, -0.25) is 14.1 Å². The second-order valence-corrected chi connectivity index (χ2v) is 8.83. The Bertz CT molecular complexity index is 1060. The smallest absolute Gasteiger partial charge is 0.258 e. The molecular weight excluding hydrogens is 451 g/mol. The molecule has 8 heteroatoms. The maximum atomic E-state index is 12.8. The van der Waals surface area contributed by atoms with Crippen LogP contribution in [-0.2, 0) is 11.3 Å². The van der Waals surface area contributed by atoms with Gasteiger partial charge in [0.1, 0.15) is 5.65 Å². The highest BCUT2D eigenvalue weighted by atomic mass is 35.5. The molecular formula is C23H26Cl2N4OS. The van der Waals surface area contributed by atoms with Crippen LogP contribution in [0, 0.1) is 5.92 Å². The zero-order chi connectivity index (χ0) is 19.6. The normalized spacial score (nSPS) is 16.2. The molecule has 4 heterocycles. The molecule has 0 saturated carbocycles. The molecule has 1 fully saturated rings. The average Bonchev–Trinajstić information content (AvgIpc) is 3.18. The number of imidazole rings is 1. The first-order valence-electron chi connectivity index (χ1n) is 10.2. The lowest BCUT2D eigenvalue weighted by Gasteiger charge is -2.32. The van der Waals surface area contributed by atoms with E-state index in [1.807, 2.05) is 30.5 Å². The Kier molecular flexibility index (Phi) is 8.06. The van der Waals surface area contributed by atoms with E-state index in [4.69, 9.17) is 0 Å². The van der Waals surface area contributed by atoms with Crippen molar-refractivity contribution in [2.75, 3.05) is 19.6 Å². The Hall–Kier alpha value is -1.99. The zero-order valence-electron chi connectivity index (χ0n) is 17.1. The predicted molar refractivity (Wildman–Crippen MR) is 131 cm³/mol. The van der Waals surface area contributed by atoms with Gasteiger partial charge in [-0.05, 0) is 55.6 Å². The molecule has 31 heavy (non-hydrogen) atoms. The number of hydrogen-bond donors (Lipinski definition) is 1. The number of likely N-dealkylation sites (tertiary alicyclic amines) is 1. The van der Waals surface area contributed by atoms with Crippen molar-refractivity contribution >= 4 is 54.2 Å². The minimum Gasteiger partial charge on any atom is -0.351 e. The second kappa shape index (κ2) is 10.6. The standard InChI is InChI=1S/C23H24N4OS.2ClH/c28-23(20-13-19-15-24-21-7-4-8-22(29-20)27(19)21)25-14-17-9-11-26(12-10-17)16-18-5-2-1-3-6-18;;/h1-8,13,15,17H,9-12,14,16H2,(H,25,28);2*1H. The summed E-state index contributed by atoms with van der Waals surface area (Å²) in [7, 11) is 0. The summed E-state index contributed by atoms with van der Waals surface area (Å²) in [6.07, 6.45) is 6.03. The van der Waals surface area contributed by atoms with E-state index in [0.29, 0.717) is 5.92 Å². The fraction of sp³-hybridized carbons (Fsp3) is 0.304. The molecule has 5 rings (SSSR count). The van der Waals surface area contributed by atoms with Gasteiger partial charge < -0.3 is 5.32 Å². The van der Waals surface area contributed by atoms with Crippen molar-refractivity contribution in [1.29, 1.82) is 0 Å². The van der Waals surface area contributed by atoms with Crippen LogP contribution in [0.5, 0.6) is 0 Å². The van der Waals surface area contributed by atoms with Crippen LogP contribution in [-0.4, -0.2) is 39.8 Å². The number of nitrogens with one attached hydrogen (secondary N) is 1. The van der Waals surface area contributed by atoms with Crippen molar-refractivity contribution in [3.05, 3.63) is 70.9 Å².